The van der Waals surface area contributed by atoms with E-state index in [-0.39, 0.29) is 5.91 Å². The van der Waals surface area contributed by atoms with E-state index in [9.17, 15) is 4.79 Å². The van der Waals surface area contributed by atoms with E-state index in [1.807, 2.05) is 19.1 Å². The molecule has 0 saturated carbocycles. The van der Waals surface area contributed by atoms with Crippen molar-refractivity contribution in [3.8, 4) is 0 Å². The molecule has 2 atom stereocenters. The fourth-order valence-electron chi connectivity index (χ4n) is 3.63. The molecule has 1 fully saturated rings. The molecule has 24 heavy (non-hydrogen) atoms. The molecular weight excluding hydrogens is 324 g/mol. The van der Waals surface area contributed by atoms with Crippen LogP contribution in [0.4, 0.5) is 0 Å². The smallest absolute Gasteiger partial charge is 0.287 e. The highest BCUT2D eigenvalue weighted by Crippen LogP contribution is 2.27. The van der Waals surface area contributed by atoms with Crippen molar-refractivity contribution in [2.75, 3.05) is 19.6 Å². The Balaban J connectivity index is 1.54. The zero-order valence-electron chi connectivity index (χ0n) is 14.5. The number of halogens is 1. The first-order valence-electron chi connectivity index (χ1n) is 8.87. The van der Waals surface area contributed by atoms with E-state index in [1.165, 1.54) is 25.8 Å². The summed E-state index contributed by atoms with van der Waals surface area (Å²) >= 11 is 6.02. The Morgan fingerprint density at radius 2 is 2.25 bits per heavy atom. The van der Waals surface area contributed by atoms with Crippen molar-refractivity contribution in [1.82, 2.24) is 5.32 Å². The molecule has 2 heterocycles. The van der Waals surface area contributed by atoms with Crippen LogP contribution in [-0.4, -0.2) is 31.6 Å². The number of benzene rings is 1. The zero-order valence-corrected chi connectivity index (χ0v) is 15.2. The average molecular weight is 350 g/mol. The lowest BCUT2D eigenvalue weighted by molar-refractivity contribution is -0.928. The van der Waals surface area contributed by atoms with Crippen LogP contribution in [0.25, 0.3) is 11.0 Å². The number of fused-ring (bicyclic) bond motifs is 1. The van der Waals surface area contributed by atoms with Crippen molar-refractivity contribution in [2.45, 2.75) is 45.6 Å². The van der Waals surface area contributed by atoms with Gasteiger partial charge in [-0.15, -0.1) is 0 Å². The molecular formula is C19H26ClN2O2+. The number of carbonyl (C=O) groups is 1. The van der Waals surface area contributed by atoms with Gasteiger partial charge in [-0.3, -0.25) is 4.79 Å². The Kier molecular flexibility index (Phi) is 5.47. The molecule has 1 aliphatic heterocycles. The van der Waals surface area contributed by atoms with Gasteiger partial charge in [-0.2, -0.15) is 0 Å². The van der Waals surface area contributed by atoms with Crippen LogP contribution in [0.3, 0.4) is 0 Å². The van der Waals surface area contributed by atoms with Crippen molar-refractivity contribution in [2.24, 2.45) is 0 Å². The Morgan fingerprint density at radius 3 is 3.04 bits per heavy atom. The zero-order chi connectivity index (χ0) is 17.1. The van der Waals surface area contributed by atoms with E-state index >= 15 is 0 Å². The highest BCUT2D eigenvalue weighted by molar-refractivity contribution is 6.31. The van der Waals surface area contributed by atoms with E-state index in [1.54, 1.807) is 11.0 Å². The third-order valence-electron chi connectivity index (χ3n) is 5.15. The van der Waals surface area contributed by atoms with Gasteiger partial charge in [0.25, 0.3) is 5.91 Å². The van der Waals surface area contributed by atoms with Gasteiger partial charge in [0, 0.05) is 28.9 Å². The molecule has 3 rings (SSSR count). The number of quaternary nitrogens is 1. The van der Waals surface area contributed by atoms with Crippen molar-refractivity contribution >= 4 is 28.5 Å². The highest BCUT2D eigenvalue weighted by atomic mass is 35.5. The van der Waals surface area contributed by atoms with Gasteiger partial charge in [0.15, 0.2) is 5.76 Å². The number of piperidine rings is 1. The van der Waals surface area contributed by atoms with Crippen LogP contribution in [0.5, 0.6) is 0 Å². The summed E-state index contributed by atoms with van der Waals surface area (Å²) in [6, 6.07) is 6.17. The maximum absolute atomic E-state index is 12.4. The molecule has 1 unspecified atom stereocenters. The molecule has 130 valence electrons. The molecule has 1 aromatic carbocycles. The van der Waals surface area contributed by atoms with Gasteiger partial charge in [0.05, 0.1) is 19.1 Å². The lowest BCUT2D eigenvalue weighted by Crippen LogP contribution is -3.16. The summed E-state index contributed by atoms with van der Waals surface area (Å²) in [6.07, 6.45) is 5.00. The minimum Gasteiger partial charge on any atom is -0.451 e. The largest absolute Gasteiger partial charge is 0.451 e. The number of nitrogens with one attached hydrogen (secondary N) is 2. The summed E-state index contributed by atoms with van der Waals surface area (Å²) in [6.45, 7) is 7.30. The molecule has 1 amide bonds. The van der Waals surface area contributed by atoms with Gasteiger partial charge in [-0.1, -0.05) is 11.6 Å². The first-order valence-corrected chi connectivity index (χ1v) is 9.25. The summed E-state index contributed by atoms with van der Waals surface area (Å²) in [5.41, 5.74) is 1.55. The fraction of sp³-hybridized carbons (Fsp3) is 0.526. The number of aryl methyl sites for hydroxylation is 1. The number of hydrogen-bond acceptors (Lipinski definition) is 2. The predicted octanol–water partition coefficient (Wildman–Crippen LogP) is 2.97. The van der Waals surface area contributed by atoms with E-state index in [0.29, 0.717) is 22.9 Å². The van der Waals surface area contributed by atoms with Crippen molar-refractivity contribution < 1.29 is 14.1 Å². The molecule has 0 spiro atoms. The lowest BCUT2D eigenvalue weighted by Gasteiger charge is -2.30. The van der Waals surface area contributed by atoms with Gasteiger partial charge in [0.2, 0.25) is 0 Å². The number of likely N-dealkylation sites (tertiary alicyclic amines) is 1. The van der Waals surface area contributed by atoms with Crippen LogP contribution < -0.4 is 10.2 Å². The third kappa shape index (κ3) is 3.76. The van der Waals surface area contributed by atoms with Crippen LogP contribution in [0.15, 0.2) is 22.6 Å². The fourth-order valence-corrected chi connectivity index (χ4v) is 3.80. The van der Waals surface area contributed by atoms with Crippen LogP contribution in [0.1, 0.15) is 48.7 Å². The minimum absolute atomic E-state index is 0.137. The topological polar surface area (TPSA) is 46.7 Å². The standard InChI is InChI=1S/C19H25ClN2O2/c1-13-6-3-4-10-22(13)11-5-9-21-19(23)18-14(2)16-12-15(20)7-8-17(16)24-18/h7-8,12-13H,3-6,9-11H2,1-2H3,(H,21,23)/p+1/t13-/m1/s1. The third-order valence-corrected chi connectivity index (χ3v) is 5.38. The summed E-state index contributed by atoms with van der Waals surface area (Å²) in [5.74, 6) is 0.257. The minimum atomic E-state index is -0.137. The summed E-state index contributed by atoms with van der Waals surface area (Å²) in [4.78, 5) is 14.1. The van der Waals surface area contributed by atoms with Gasteiger partial charge in [0.1, 0.15) is 5.58 Å². The molecule has 1 saturated heterocycles. The van der Waals surface area contributed by atoms with Gasteiger partial charge in [-0.25, -0.2) is 0 Å². The van der Waals surface area contributed by atoms with Gasteiger partial charge >= 0.3 is 0 Å². The first kappa shape index (κ1) is 17.3. The van der Waals surface area contributed by atoms with Crippen molar-refractivity contribution in [3.63, 3.8) is 0 Å². The van der Waals surface area contributed by atoms with E-state index in [0.717, 1.165) is 30.0 Å². The molecule has 2 aromatic rings. The Bertz CT molecular complexity index is 725. The Labute approximate surface area is 148 Å². The van der Waals surface area contributed by atoms with E-state index in [2.05, 4.69) is 12.2 Å². The summed E-state index contributed by atoms with van der Waals surface area (Å²) in [7, 11) is 0. The molecule has 5 heteroatoms. The number of hydrogen-bond donors (Lipinski definition) is 2. The number of furan rings is 1. The molecule has 0 aliphatic carbocycles. The normalized spacial score (nSPS) is 21.1. The average Bonchev–Trinajstić information content (AvgIpc) is 2.89. The molecule has 4 nitrogen and oxygen atoms in total. The monoisotopic (exact) mass is 349 g/mol. The second-order valence-corrected chi connectivity index (χ2v) is 7.30. The molecule has 1 aliphatic rings. The molecule has 2 N–H and O–H groups in total. The molecule has 0 radical (unpaired) electrons. The van der Waals surface area contributed by atoms with Crippen LogP contribution >= 0.6 is 11.6 Å². The second-order valence-electron chi connectivity index (χ2n) is 6.86. The quantitative estimate of drug-likeness (QED) is 0.815. The molecule has 1 aromatic heterocycles. The Hall–Kier alpha value is -1.52. The summed E-state index contributed by atoms with van der Waals surface area (Å²) in [5, 5.41) is 4.54. The van der Waals surface area contributed by atoms with Crippen LogP contribution in [-0.2, 0) is 0 Å². The number of amides is 1. The highest BCUT2D eigenvalue weighted by Gasteiger charge is 2.21. The van der Waals surface area contributed by atoms with Crippen LogP contribution in [0, 0.1) is 6.92 Å². The van der Waals surface area contributed by atoms with Crippen molar-refractivity contribution in [1.29, 1.82) is 0 Å². The number of carbonyl (C=O) groups excluding carboxylic acids is 1. The van der Waals surface area contributed by atoms with Gasteiger partial charge in [-0.05, 0) is 51.3 Å². The maximum Gasteiger partial charge on any atom is 0.287 e. The Morgan fingerprint density at radius 1 is 1.42 bits per heavy atom. The van der Waals surface area contributed by atoms with Crippen molar-refractivity contribution in [3.05, 3.63) is 34.5 Å². The predicted molar refractivity (Wildman–Crippen MR) is 96.9 cm³/mol. The maximum atomic E-state index is 12.4. The van der Waals surface area contributed by atoms with Crippen LogP contribution in [0.2, 0.25) is 5.02 Å². The second kappa shape index (κ2) is 7.58. The van der Waals surface area contributed by atoms with Gasteiger partial charge < -0.3 is 14.6 Å². The number of rotatable bonds is 5. The van der Waals surface area contributed by atoms with E-state index < -0.39 is 0 Å². The molecule has 0 bridgehead atoms. The summed E-state index contributed by atoms with van der Waals surface area (Å²) < 4.78 is 5.70. The SMILES string of the molecule is Cc1c(C(=O)NCCC[NH+]2CCCC[C@H]2C)oc2ccc(Cl)cc12. The first-order chi connectivity index (χ1) is 11.6. The lowest BCUT2D eigenvalue weighted by atomic mass is 10.0. The van der Waals surface area contributed by atoms with E-state index in [4.69, 9.17) is 16.0 Å².